The Kier molecular flexibility index (Phi) is 2.74. The van der Waals surface area contributed by atoms with Crippen molar-refractivity contribution in [2.24, 2.45) is 4.99 Å². The second-order valence-corrected chi connectivity index (χ2v) is 6.42. The second-order valence-electron chi connectivity index (χ2n) is 4.88. The van der Waals surface area contributed by atoms with Crippen molar-refractivity contribution in [3.05, 3.63) is 28.9 Å². The average Bonchev–Trinajstić information content (AvgIpc) is 3.10. The second kappa shape index (κ2) is 4.46. The van der Waals surface area contributed by atoms with Gasteiger partial charge in [-0.05, 0) is 24.6 Å². The zero-order chi connectivity index (χ0) is 12.8. The van der Waals surface area contributed by atoms with Gasteiger partial charge in [0.05, 0.1) is 13.1 Å². The quantitative estimate of drug-likeness (QED) is 0.922. The summed E-state index contributed by atoms with van der Waals surface area (Å²) < 4.78 is 2.40. The minimum Gasteiger partial charge on any atom is -0.370 e. The number of nitrogens with zero attached hydrogens (tertiary/aromatic N) is 2. The summed E-state index contributed by atoms with van der Waals surface area (Å²) in [5.74, 6) is 2.28. The predicted molar refractivity (Wildman–Crippen MR) is 81.7 cm³/mol. The van der Waals surface area contributed by atoms with E-state index < -0.39 is 0 Å². The van der Waals surface area contributed by atoms with Crippen molar-refractivity contribution in [2.75, 3.05) is 18.8 Å². The number of aromatic nitrogens is 1. The van der Waals surface area contributed by atoms with Gasteiger partial charge in [0.15, 0.2) is 0 Å². The Morgan fingerprint density at radius 1 is 1.42 bits per heavy atom. The number of aliphatic imine (C=N–C) groups is 1. The number of amidine groups is 1. The first-order valence-electron chi connectivity index (χ1n) is 6.53. The van der Waals surface area contributed by atoms with Gasteiger partial charge in [0, 0.05) is 38.8 Å². The molecule has 0 radical (unpaired) electrons. The topological polar surface area (TPSA) is 29.3 Å². The van der Waals surface area contributed by atoms with Gasteiger partial charge >= 0.3 is 0 Å². The molecule has 1 aromatic carbocycles. The Hall–Kier alpha value is -1.13. The molecule has 5 heteroatoms. The van der Waals surface area contributed by atoms with E-state index >= 15 is 0 Å². The molecule has 1 aromatic heterocycles. The fourth-order valence-electron chi connectivity index (χ4n) is 2.89. The Balaban J connectivity index is 1.89. The van der Waals surface area contributed by atoms with Gasteiger partial charge in [0.2, 0.25) is 0 Å². The van der Waals surface area contributed by atoms with Gasteiger partial charge in [0.1, 0.15) is 5.84 Å². The van der Waals surface area contributed by atoms with Gasteiger partial charge in [-0.15, -0.1) is 11.8 Å². The Morgan fingerprint density at radius 2 is 2.37 bits per heavy atom. The lowest BCUT2D eigenvalue weighted by molar-refractivity contribution is 0.798. The van der Waals surface area contributed by atoms with E-state index in [2.05, 4.69) is 27.0 Å². The molecular formula is C14H14ClN3S. The molecule has 19 heavy (non-hydrogen) atoms. The third kappa shape index (κ3) is 1.85. The first-order valence-corrected chi connectivity index (χ1v) is 7.90. The number of halogens is 1. The van der Waals surface area contributed by atoms with E-state index in [0.29, 0.717) is 0 Å². The fraction of sp³-hybridized carbons (Fsp3) is 0.357. The summed E-state index contributed by atoms with van der Waals surface area (Å²) in [5.41, 5.74) is 2.72. The monoisotopic (exact) mass is 291 g/mol. The van der Waals surface area contributed by atoms with Crippen LogP contribution >= 0.6 is 23.4 Å². The minimum absolute atomic E-state index is 0.816. The lowest BCUT2D eigenvalue weighted by Gasteiger charge is -2.09. The molecular weight excluding hydrogens is 278 g/mol. The molecule has 0 fully saturated rings. The van der Waals surface area contributed by atoms with E-state index in [-0.39, 0.29) is 0 Å². The smallest absolute Gasteiger partial charge is 0.117 e. The fourth-order valence-corrected chi connectivity index (χ4v) is 4.26. The number of rotatable bonds is 2. The molecule has 0 atom stereocenters. The van der Waals surface area contributed by atoms with Crippen molar-refractivity contribution >= 4 is 40.1 Å². The van der Waals surface area contributed by atoms with Crippen LogP contribution in [0, 0.1) is 0 Å². The molecule has 4 rings (SSSR count). The summed E-state index contributed by atoms with van der Waals surface area (Å²) in [5, 5.41) is 5.47. The predicted octanol–water partition coefficient (Wildman–Crippen LogP) is 2.94. The molecule has 2 aliphatic rings. The lowest BCUT2D eigenvalue weighted by atomic mass is 10.2. The highest BCUT2D eigenvalue weighted by Gasteiger charge is 2.23. The number of fused-ring (bicyclic) bond motifs is 3. The maximum atomic E-state index is 6.15. The number of hydrogen-bond donors (Lipinski definition) is 1. The van der Waals surface area contributed by atoms with Crippen LogP contribution in [0.3, 0.4) is 0 Å². The standard InChI is InChI=1S/C14H14ClN3S/c15-9-1-2-11-10(7-9)14-12(3-6-19-14)18(11)8-13-16-4-5-17-13/h1-2,7H,3-6,8H2,(H,16,17). The maximum absolute atomic E-state index is 6.15. The number of nitrogens with one attached hydrogen (secondary N) is 1. The van der Waals surface area contributed by atoms with Gasteiger partial charge < -0.3 is 9.88 Å². The van der Waals surface area contributed by atoms with Crippen molar-refractivity contribution in [3.8, 4) is 0 Å². The normalized spacial score (nSPS) is 17.6. The summed E-state index contributed by atoms with van der Waals surface area (Å²) >= 11 is 8.09. The lowest BCUT2D eigenvalue weighted by Crippen LogP contribution is -2.24. The molecule has 0 bridgehead atoms. The van der Waals surface area contributed by atoms with Crippen molar-refractivity contribution in [1.29, 1.82) is 0 Å². The van der Waals surface area contributed by atoms with Crippen molar-refractivity contribution in [2.45, 2.75) is 17.9 Å². The molecule has 0 aliphatic carbocycles. The Morgan fingerprint density at radius 3 is 3.21 bits per heavy atom. The van der Waals surface area contributed by atoms with Crippen LogP contribution < -0.4 is 5.32 Å². The van der Waals surface area contributed by atoms with Gasteiger partial charge in [-0.1, -0.05) is 11.6 Å². The van der Waals surface area contributed by atoms with E-state index in [1.54, 1.807) is 0 Å². The van der Waals surface area contributed by atoms with Crippen LogP contribution in [-0.2, 0) is 13.0 Å². The summed E-state index contributed by atoms with van der Waals surface area (Å²) in [6.07, 6.45) is 1.14. The summed E-state index contributed by atoms with van der Waals surface area (Å²) in [4.78, 5) is 5.93. The molecule has 0 saturated carbocycles. The molecule has 0 amide bonds. The van der Waals surface area contributed by atoms with Crippen molar-refractivity contribution < 1.29 is 0 Å². The zero-order valence-electron chi connectivity index (χ0n) is 10.4. The molecule has 3 nitrogen and oxygen atoms in total. The molecule has 0 unspecified atom stereocenters. The molecule has 98 valence electrons. The van der Waals surface area contributed by atoms with Crippen LogP contribution in [0.5, 0.6) is 0 Å². The maximum Gasteiger partial charge on any atom is 0.117 e. The third-order valence-corrected chi connectivity index (χ3v) is 5.11. The Labute approximate surface area is 121 Å². The largest absolute Gasteiger partial charge is 0.370 e. The van der Waals surface area contributed by atoms with Gasteiger partial charge in [-0.2, -0.15) is 0 Å². The first kappa shape index (κ1) is 11.7. The van der Waals surface area contributed by atoms with Crippen molar-refractivity contribution in [1.82, 2.24) is 9.88 Å². The van der Waals surface area contributed by atoms with Crippen LogP contribution in [-0.4, -0.2) is 29.2 Å². The minimum atomic E-state index is 0.816. The van der Waals surface area contributed by atoms with Gasteiger partial charge in [-0.3, -0.25) is 4.99 Å². The molecule has 2 aliphatic heterocycles. The molecule has 0 spiro atoms. The van der Waals surface area contributed by atoms with E-state index in [1.165, 1.54) is 27.2 Å². The number of hydrogen-bond acceptors (Lipinski definition) is 3. The number of thioether (sulfide) groups is 1. The van der Waals surface area contributed by atoms with Crippen LogP contribution in [0.2, 0.25) is 5.02 Å². The van der Waals surface area contributed by atoms with Crippen LogP contribution in [0.4, 0.5) is 0 Å². The summed E-state index contributed by atoms with van der Waals surface area (Å²) in [6, 6.07) is 6.20. The first-order chi connectivity index (χ1) is 9.33. The van der Waals surface area contributed by atoms with Gasteiger partial charge in [-0.25, -0.2) is 0 Å². The highest BCUT2D eigenvalue weighted by atomic mass is 35.5. The zero-order valence-corrected chi connectivity index (χ0v) is 12.0. The molecule has 3 heterocycles. The highest BCUT2D eigenvalue weighted by Crippen LogP contribution is 2.40. The molecule has 2 aromatic rings. The van der Waals surface area contributed by atoms with E-state index in [9.17, 15) is 0 Å². The van der Waals surface area contributed by atoms with Crippen LogP contribution in [0.25, 0.3) is 10.9 Å². The van der Waals surface area contributed by atoms with Crippen LogP contribution in [0.15, 0.2) is 28.1 Å². The van der Waals surface area contributed by atoms with Crippen LogP contribution in [0.1, 0.15) is 5.69 Å². The average molecular weight is 292 g/mol. The van der Waals surface area contributed by atoms with Gasteiger partial charge in [0.25, 0.3) is 0 Å². The Bertz CT molecular complexity index is 690. The highest BCUT2D eigenvalue weighted by molar-refractivity contribution is 7.99. The third-order valence-electron chi connectivity index (χ3n) is 3.72. The van der Waals surface area contributed by atoms with E-state index in [4.69, 9.17) is 11.6 Å². The summed E-state index contributed by atoms with van der Waals surface area (Å²) in [7, 11) is 0. The molecule has 1 N–H and O–H groups in total. The summed E-state index contributed by atoms with van der Waals surface area (Å²) in [6.45, 7) is 2.72. The molecule has 0 saturated heterocycles. The number of benzene rings is 1. The van der Waals surface area contributed by atoms with E-state index in [1.807, 2.05) is 17.8 Å². The SMILES string of the molecule is Clc1ccc2c(c1)c1c(n2CC2=NCCN2)CCS1. The van der Waals surface area contributed by atoms with E-state index in [0.717, 1.165) is 36.9 Å². The van der Waals surface area contributed by atoms with Crippen molar-refractivity contribution in [3.63, 3.8) is 0 Å².